The van der Waals surface area contributed by atoms with Gasteiger partial charge in [0, 0.05) is 48.0 Å². The molecule has 33 heavy (non-hydrogen) atoms. The Labute approximate surface area is 189 Å². The number of anilines is 1. The van der Waals surface area contributed by atoms with Crippen molar-refractivity contribution in [3.8, 4) is 22.3 Å². The molecule has 7 nitrogen and oxygen atoms in total. The molecule has 3 heterocycles. The van der Waals surface area contributed by atoms with E-state index in [1.165, 1.54) is 4.57 Å². The number of pyridine rings is 2. The Morgan fingerprint density at radius 2 is 1.76 bits per heavy atom. The molecule has 0 aliphatic rings. The van der Waals surface area contributed by atoms with Crippen molar-refractivity contribution in [1.29, 1.82) is 0 Å². The Kier molecular flexibility index (Phi) is 5.06. The Hall–Kier alpha value is -4.52. The van der Waals surface area contributed by atoms with E-state index in [0.29, 0.717) is 16.7 Å². The third-order valence-electron chi connectivity index (χ3n) is 5.70. The first-order chi connectivity index (χ1) is 16.0. The molecule has 5 aromatic rings. The first-order valence-electron chi connectivity index (χ1n) is 10.5. The Morgan fingerprint density at radius 3 is 2.58 bits per heavy atom. The van der Waals surface area contributed by atoms with Crippen LogP contribution in [0.5, 0.6) is 0 Å². The minimum absolute atomic E-state index is 0.202. The van der Waals surface area contributed by atoms with E-state index in [4.69, 9.17) is 0 Å². The lowest BCUT2D eigenvalue weighted by atomic mass is 10.0. The van der Waals surface area contributed by atoms with E-state index in [0.717, 1.165) is 33.5 Å². The van der Waals surface area contributed by atoms with Crippen molar-refractivity contribution in [2.75, 3.05) is 5.32 Å². The fraction of sp³-hybridized carbons (Fsp3) is 0.0769. The second-order valence-corrected chi connectivity index (χ2v) is 7.89. The summed E-state index contributed by atoms with van der Waals surface area (Å²) < 4.78 is 1.51. The van der Waals surface area contributed by atoms with Gasteiger partial charge in [0.25, 0.3) is 5.91 Å². The van der Waals surface area contributed by atoms with Gasteiger partial charge in [-0.25, -0.2) is 9.78 Å². The van der Waals surface area contributed by atoms with Crippen molar-refractivity contribution in [2.45, 2.75) is 6.92 Å². The highest BCUT2D eigenvalue weighted by atomic mass is 16.2. The van der Waals surface area contributed by atoms with Gasteiger partial charge in [-0.1, -0.05) is 30.3 Å². The van der Waals surface area contributed by atoms with Gasteiger partial charge >= 0.3 is 5.69 Å². The minimum atomic E-state index is -0.216. The maximum Gasteiger partial charge on any atom is 0.327 e. The number of carbonyl (C=O) groups is 1. The zero-order chi connectivity index (χ0) is 22.9. The van der Waals surface area contributed by atoms with E-state index in [1.54, 1.807) is 31.7 Å². The molecule has 1 amide bonds. The van der Waals surface area contributed by atoms with Gasteiger partial charge in [0.1, 0.15) is 0 Å². The van der Waals surface area contributed by atoms with Crippen LogP contribution >= 0.6 is 0 Å². The zero-order valence-corrected chi connectivity index (χ0v) is 18.2. The number of imidazole rings is 1. The summed E-state index contributed by atoms with van der Waals surface area (Å²) in [5.74, 6) is -0.202. The lowest BCUT2D eigenvalue weighted by Crippen LogP contribution is -2.13. The molecule has 0 bridgehead atoms. The number of aromatic amines is 1. The number of hydrogen-bond acceptors (Lipinski definition) is 4. The molecule has 0 aliphatic carbocycles. The molecule has 0 spiro atoms. The van der Waals surface area contributed by atoms with Crippen molar-refractivity contribution < 1.29 is 4.79 Å². The Bertz CT molecular complexity index is 1550. The van der Waals surface area contributed by atoms with Crippen LogP contribution in [-0.4, -0.2) is 25.4 Å². The van der Waals surface area contributed by atoms with Crippen molar-refractivity contribution in [1.82, 2.24) is 19.5 Å². The van der Waals surface area contributed by atoms with Crippen LogP contribution in [0.15, 0.2) is 84.0 Å². The van der Waals surface area contributed by atoms with Gasteiger partial charge in [-0.2, -0.15) is 0 Å². The number of aromatic nitrogens is 4. The molecular formula is C26H21N5O2. The summed E-state index contributed by atoms with van der Waals surface area (Å²) in [6.07, 6.45) is 5.22. The van der Waals surface area contributed by atoms with Crippen LogP contribution in [0.25, 0.3) is 33.4 Å². The summed E-state index contributed by atoms with van der Waals surface area (Å²) in [4.78, 5) is 36.2. The fourth-order valence-corrected chi connectivity index (χ4v) is 3.76. The average molecular weight is 435 g/mol. The summed E-state index contributed by atoms with van der Waals surface area (Å²) in [6.45, 7) is 1.96. The minimum Gasteiger partial charge on any atom is -0.322 e. The highest BCUT2D eigenvalue weighted by molar-refractivity contribution is 6.05. The molecule has 0 saturated carbocycles. The number of hydrogen-bond donors (Lipinski definition) is 2. The molecule has 0 unspecified atom stereocenters. The first-order valence-corrected chi connectivity index (χ1v) is 10.5. The van der Waals surface area contributed by atoms with E-state index < -0.39 is 0 Å². The van der Waals surface area contributed by atoms with Crippen LogP contribution in [0.1, 0.15) is 15.9 Å². The van der Waals surface area contributed by atoms with Gasteiger partial charge in [-0.05, 0) is 53.9 Å². The normalized spacial score (nSPS) is 11.0. The van der Waals surface area contributed by atoms with Crippen molar-refractivity contribution in [3.05, 3.63) is 101 Å². The average Bonchev–Trinajstić information content (AvgIpc) is 3.14. The number of H-pyrrole nitrogens is 1. The topological polar surface area (TPSA) is 92.7 Å². The number of benzene rings is 2. The predicted molar refractivity (Wildman–Crippen MR) is 129 cm³/mol. The standard InChI is InChI=1S/C26H21N5O2/c1-16-8-9-18(20-7-4-10-27-14-20)12-22(16)29-25(32)19-6-3-5-17(11-19)21-13-23-24(28-15-21)30-26(33)31(23)2/h3-15H,1-2H3,(H,29,32)(H,28,30,33). The second-order valence-electron chi connectivity index (χ2n) is 7.89. The quantitative estimate of drug-likeness (QED) is 0.433. The summed E-state index contributed by atoms with van der Waals surface area (Å²) in [5, 5.41) is 3.03. The zero-order valence-electron chi connectivity index (χ0n) is 18.2. The van der Waals surface area contributed by atoms with Gasteiger partial charge in [0.2, 0.25) is 0 Å². The van der Waals surface area contributed by atoms with E-state index in [-0.39, 0.29) is 11.6 Å². The van der Waals surface area contributed by atoms with Gasteiger partial charge in [0.05, 0.1) is 5.52 Å². The number of amides is 1. The van der Waals surface area contributed by atoms with Gasteiger partial charge < -0.3 is 5.32 Å². The van der Waals surface area contributed by atoms with Crippen molar-refractivity contribution in [3.63, 3.8) is 0 Å². The lowest BCUT2D eigenvalue weighted by molar-refractivity contribution is 0.102. The van der Waals surface area contributed by atoms with E-state index in [9.17, 15) is 9.59 Å². The number of aryl methyl sites for hydroxylation is 2. The first kappa shape index (κ1) is 20.4. The summed E-state index contributed by atoms with van der Waals surface area (Å²) >= 11 is 0. The van der Waals surface area contributed by atoms with Crippen LogP contribution < -0.4 is 11.0 Å². The Balaban J connectivity index is 1.44. The second kappa shape index (κ2) is 8.20. The molecule has 2 aromatic carbocycles. The molecular weight excluding hydrogens is 414 g/mol. The number of carbonyl (C=O) groups excluding carboxylic acids is 1. The number of fused-ring (bicyclic) bond motifs is 1. The highest BCUT2D eigenvalue weighted by Gasteiger charge is 2.12. The van der Waals surface area contributed by atoms with E-state index in [1.807, 2.05) is 61.5 Å². The van der Waals surface area contributed by atoms with E-state index in [2.05, 4.69) is 20.3 Å². The molecule has 7 heteroatoms. The van der Waals surface area contributed by atoms with Gasteiger partial charge in [-0.3, -0.25) is 19.3 Å². The number of nitrogens with one attached hydrogen (secondary N) is 2. The molecule has 0 saturated heterocycles. The monoisotopic (exact) mass is 435 g/mol. The molecule has 5 rings (SSSR count). The highest BCUT2D eigenvalue weighted by Crippen LogP contribution is 2.26. The lowest BCUT2D eigenvalue weighted by Gasteiger charge is -2.12. The number of rotatable bonds is 4. The van der Waals surface area contributed by atoms with Crippen LogP contribution in [0.2, 0.25) is 0 Å². The molecule has 0 fully saturated rings. The molecule has 0 radical (unpaired) electrons. The summed E-state index contributed by atoms with van der Waals surface area (Å²) in [6, 6.07) is 19.1. The van der Waals surface area contributed by atoms with Crippen LogP contribution in [0.4, 0.5) is 5.69 Å². The summed E-state index contributed by atoms with van der Waals surface area (Å²) in [7, 11) is 1.69. The fourth-order valence-electron chi connectivity index (χ4n) is 3.76. The molecule has 3 aromatic heterocycles. The molecule has 0 aliphatic heterocycles. The third kappa shape index (κ3) is 3.92. The smallest absolute Gasteiger partial charge is 0.322 e. The van der Waals surface area contributed by atoms with Crippen LogP contribution in [-0.2, 0) is 7.05 Å². The largest absolute Gasteiger partial charge is 0.327 e. The Morgan fingerprint density at radius 1 is 0.939 bits per heavy atom. The van der Waals surface area contributed by atoms with Gasteiger partial charge in [0.15, 0.2) is 5.65 Å². The van der Waals surface area contributed by atoms with Crippen LogP contribution in [0.3, 0.4) is 0 Å². The maximum atomic E-state index is 13.1. The van der Waals surface area contributed by atoms with Crippen molar-refractivity contribution in [2.24, 2.45) is 7.05 Å². The number of nitrogens with zero attached hydrogens (tertiary/aromatic N) is 3. The van der Waals surface area contributed by atoms with Gasteiger partial charge in [-0.15, -0.1) is 0 Å². The van der Waals surface area contributed by atoms with E-state index >= 15 is 0 Å². The predicted octanol–water partition coefficient (Wildman–Crippen LogP) is 4.55. The SMILES string of the molecule is Cc1ccc(-c2cccnc2)cc1NC(=O)c1cccc(-c2cnc3[nH]c(=O)n(C)c3c2)c1. The third-order valence-corrected chi connectivity index (χ3v) is 5.70. The summed E-state index contributed by atoms with van der Waals surface area (Å²) in [5.41, 5.74) is 6.89. The molecule has 2 N–H and O–H groups in total. The molecule has 0 atom stereocenters. The maximum absolute atomic E-state index is 13.1. The van der Waals surface area contributed by atoms with Crippen LogP contribution in [0, 0.1) is 6.92 Å². The van der Waals surface area contributed by atoms with Crippen molar-refractivity contribution >= 4 is 22.8 Å². The molecule has 162 valence electrons.